The Bertz CT molecular complexity index is 681. The lowest BCUT2D eigenvalue weighted by molar-refractivity contribution is -0.131. The van der Waals surface area contributed by atoms with E-state index < -0.39 is 22.3 Å². The van der Waals surface area contributed by atoms with Crippen LogP contribution in [0.3, 0.4) is 0 Å². The molecule has 0 unspecified atom stereocenters. The van der Waals surface area contributed by atoms with Crippen molar-refractivity contribution in [1.29, 1.82) is 0 Å². The number of carbonyl (C=O) groups is 2. The topological polar surface area (TPSA) is 122 Å². The highest BCUT2D eigenvalue weighted by Gasteiger charge is 2.15. The molecular formula is C12H14N2O6S. The van der Waals surface area contributed by atoms with E-state index in [0.717, 1.165) is 13.2 Å². The lowest BCUT2D eigenvalue weighted by atomic mass is 10.1. The summed E-state index contributed by atoms with van der Waals surface area (Å²) in [5.41, 5.74) is 1.40. The van der Waals surface area contributed by atoms with Crippen LogP contribution in [0, 0.1) is 6.92 Å². The van der Waals surface area contributed by atoms with Crippen molar-refractivity contribution < 1.29 is 27.9 Å². The zero-order chi connectivity index (χ0) is 16.0. The van der Waals surface area contributed by atoms with Gasteiger partial charge in [-0.1, -0.05) is 6.07 Å². The molecule has 8 nitrogen and oxygen atoms in total. The highest BCUT2D eigenvalue weighted by atomic mass is 32.2. The van der Waals surface area contributed by atoms with Crippen molar-refractivity contribution in [2.75, 3.05) is 11.8 Å². The minimum absolute atomic E-state index is 0.249. The molecule has 0 saturated carbocycles. The van der Waals surface area contributed by atoms with E-state index in [1.807, 2.05) is 0 Å². The molecule has 114 valence electrons. The van der Waals surface area contributed by atoms with Gasteiger partial charge in [-0.15, -0.1) is 0 Å². The van der Waals surface area contributed by atoms with Crippen LogP contribution in [-0.4, -0.2) is 32.7 Å². The van der Waals surface area contributed by atoms with Crippen LogP contribution in [0.15, 0.2) is 24.3 Å². The van der Waals surface area contributed by atoms with E-state index in [9.17, 15) is 18.0 Å². The number of hydrogen-bond donors (Lipinski definition) is 3. The third kappa shape index (κ3) is 5.53. The number of anilines is 1. The van der Waals surface area contributed by atoms with Gasteiger partial charge in [0.1, 0.15) is 0 Å². The Kier molecular flexibility index (Phi) is 5.30. The fraction of sp³-hybridized carbons (Fsp3) is 0.167. The zero-order valence-corrected chi connectivity index (χ0v) is 12.1. The number of amides is 1. The molecule has 0 fully saturated rings. The van der Waals surface area contributed by atoms with Gasteiger partial charge < -0.3 is 9.84 Å². The van der Waals surface area contributed by atoms with Crippen molar-refractivity contribution in [1.82, 2.24) is 4.72 Å². The number of benzene rings is 1. The highest BCUT2D eigenvalue weighted by Crippen LogP contribution is 2.18. The Morgan fingerprint density at radius 2 is 2.00 bits per heavy atom. The summed E-state index contributed by atoms with van der Waals surface area (Å²) in [4.78, 5) is 21.3. The van der Waals surface area contributed by atoms with Crippen molar-refractivity contribution in [2.24, 2.45) is 0 Å². The normalized spacial score (nSPS) is 11.1. The first-order valence-electron chi connectivity index (χ1n) is 5.63. The summed E-state index contributed by atoms with van der Waals surface area (Å²) in [5, 5.41) is 8.53. The molecule has 1 rings (SSSR count). The molecular weight excluding hydrogens is 300 g/mol. The standard InChI is InChI=1S/C12H14N2O6S/c1-8-7-9(4-6-11(15)16)3-5-10(8)13-21(18,19)14-12(17)20-2/h3-7,13H,1-2H3,(H,14,17)(H,15,16)/b6-4+. The Morgan fingerprint density at radius 3 is 2.52 bits per heavy atom. The number of ether oxygens (including phenoxy) is 1. The fourth-order valence-corrected chi connectivity index (χ4v) is 2.27. The molecule has 0 aromatic heterocycles. The third-order valence-electron chi connectivity index (χ3n) is 2.32. The van der Waals surface area contributed by atoms with E-state index >= 15 is 0 Å². The van der Waals surface area contributed by atoms with Crippen LogP contribution in [0.4, 0.5) is 10.5 Å². The van der Waals surface area contributed by atoms with E-state index in [1.54, 1.807) is 17.7 Å². The van der Waals surface area contributed by atoms with Gasteiger partial charge in [0.25, 0.3) is 0 Å². The summed E-state index contributed by atoms with van der Waals surface area (Å²) in [6.45, 7) is 1.63. The number of nitrogens with one attached hydrogen (secondary N) is 2. The van der Waals surface area contributed by atoms with E-state index in [1.165, 1.54) is 18.2 Å². The number of carboxylic acids is 1. The van der Waals surface area contributed by atoms with Gasteiger partial charge >= 0.3 is 22.3 Å². The number of carbonyl (C=O) groups excluding carboxylic acids is 1. The minimum atomic E-state index is -4.09. The van der Waals surface area contributed by atoms with Gasteiger partial charge in [-0.05, 0) is 36.3 Å². The lowest BCUT2D eigenvalue weighted by Gasteiger charge is -2.11. The first-order valence-corrected chi connectivity index (χ1v) is 7.12. The Morgan fingerprint density at radius 1 is 1.33 bits per heavy atom. The molecule has 3 N–H and O–H groups in total. The monoisotopic (exact) mass is 314 g/mol. The third-order valence-corrected chi connectivity index (χ3v) is 3.24. The zero-order valence-electron chi connectivity index (χ0n) is 11.3. The average Bonchev–Trinajstić information content (AvgIpc) is 2.38. The number of hydrogen-bond acceptors (Lipinski definition) is 5. The SMILES string of the molecule is COC(=O)NS(=O)(=O)Nc1ccc(/C=C/C(=O)O)cc1C. The van der Waals surface area contributed by atoms with Gasteiger partial charge in [-0.2, -0.15) is 8.42 Å². The van der Waals surface area contributed by atoms with E-state index in [0.29, 0.717) is 11.1 Å². The predicted molar refractivity (Wildman–Crippen MR) is 75.9 cm³/mol. The minimum Gasteiger partial charge on any atom is -0.478 e. The van der Waals surface area contributed by atoms with Crippen LogP contribution in [0.2, 0.25) is 0 Å². The summed E-state index contributed by atoms with van der Waals surface area (Å²) in [6.07, 6.45) is 1.23. The Hall–Kier alpha value is -2.55. The quantitative estimate of drug-likeness (QED) is 0.700. The summed E-state index contributed by atoms with van der Waals surface area (Å²) < 4.78 is 31.2. The number of carboxylic acid groups (broad SMARTS) is 1. The second-order valence-electron chi connectivity index (χ2n) is 3.95. The number of rotatable bonds is 5. The number of methoxy groups -OCH3 is 1. The van der Waals surface area contributed by atoms with Gasteiger partial charge in [0.05, 0.1) is 12.8 Å². The Labute approximate surface area is 121 Å². The molecule has 0 bridgehead atoms. The van der Waals surface area contributed by atoms with Crippen molar-refractivity contribution >= 4 is 34.0 Å². The largest absolute Gasteiger partial charge is 0.478 e. The average molecular weight is 314 g/mol. The van der Waals surface area contributed by atoms with Crippen LogP contribution < -0.4 is 9.44 Å². The fourth-order valence-electron chi connectivity index (χ4n) is 1.39. The predicted octanol–water partition coefficient (Wildman–Crippen LogP) is 1.11. The number of aryl methyl sites for hydroxylation is 1. The first-order chi connectivity index (χ1) is 9.73. The molecule has 0 aliphatic carbocycles. The van der Waals surface area contributed by atoms with Crippen LogP contribution in [0.25, 0.3) is 6.08 Å². The van der Waals surface area contributed by atoms with E-state index in [4.69, 9.17) is 5.11 Å². The summed E-state index contributed by atoms with van der Waals surface area (Å²) in [7, 11) is -3.05. The van der Waals surface area contributed by atoms with Gasteiger partial charge in [0, 0.05) is 6.08 Å². The van der Waals surface area contributed by atoms with Crippen LogP contribution in [0.5, 0.6) is 0 Å². The maximum Gasteiger partial charge on any atom is 0.422 e. The maximum absolute atomic E-state index is 11.6. The summed E-state index contributed by atoms with van der Waals surface area (Å²) >= 11 is 0. The summed E-state index contributed by atoms with van der Waals surface area (Å²) in [5.74, 6) is -1.08. The maximum atomic E-state index is 11.6. The van der Waals surface area contributed by atoms with Gasteiger partial charge in [0.2, 0.25) is 0 Å². The number of aliphatic carboxylic acids is 1. The van der Waals surface area contributed by atoms with Crippen molar-refractivity contribution in [3.8, 4) is 0 Å². The molecule has 0 heterocycles. The van der Waals surface area contributed by atoms with Crippen LogP contribution in [-0.2, 0) is 19.7 Å². The molecule has 0 radical (unpaired) electrons. The molecule has 0 aliphatic rings. The van der Waals surface area contributed by atoms with Crippen molar-refractivity contribution in [3.63, 3.8) is 0 Å². The smallest absolute Gasteiger partial charge is 0.422 e. The second-order valence-corrected chi connectivity index (χ2v) is 5.36. The van der Waals surface area contributed by atoms with Gasteiger partial charge in [0.15, 0.2) is 0 Å². The molecule has 0 atom stereocenters. The molecule has 1 aromatic carbocycles. The van der Waals surface area contributed by atoms with Gasteiger partial charge in [-0.3, -0.25) is 4.72 Å². The van der Waals surface area contributed by atoms with Crippen molar-refractivity contribution in [3.05, 3.63) is 35.4 Å². The van der Waals surface area contributed by atoms with Gasteiger partial charge in [-0.25, -0.2) is 14.3 Å². The van der Waals surface area contributed by atoms with Crippen LogP contribution in [0.1, 0.15) is 11.1 Å². The van der Waals surface area contributed by atoms with Crippen LogP contribution >= 0.6 is 0 Å². The lowest BCUT2D eigenvalue weighted by Crippen LogP contribution is -2.35. The summed E-state index contributed by atoms with van der Waals surface area (Å²) in [6, 6.07) is 4.57. The van der Waals surface area contributed by atoms with E-state index in [2.05, 4.69) is 9.46 Å². The molecule has 21 heavy (non-hydrogen) atoms. The molecule has 1 amide bonds. The molecule has 0 saturated heterocycles. The Balaban J connectivity index is 2.91. The van der Waals surface area contributed by atoms with Crippen molar-refractivity contribution in [2.45, 2.75) is 6.92 Å². The molecule has 0 aliphatic heterocycles. The highest BCUT2D eigenvalue weighted by molar-refractivity contribution is 7.91. The first kappa shape index (κ1) is 16.5. The van der Waals surface area contributed by atoms with E-state index in [-0.39, 0.29) is 5.69 Å². The molecule has 0 spiro atoms. The molecule has 1 aromatic rings. The molecule has 9 heteroatoms. The second kappa shape index (κ2) is 6.75.